The summed E-state index contributed by atoms with van der Waals surface area (Å²) < 4.78 is 2.17. The number of nitrogens with zero attached hydrogens (tertiary/aromatic N) is 4. The topological polar surface area (TPSA) is 43.6 Å². The van der Waals surface area contributed by atoms with Gasteiger partial charge in [0.2, 0.25) is 5.95 Å². The number of hydrogen-bond acceptors (Lipinski definition) is 3. The second-order valence-corrected chi connectivity index (χ2v) is 14.0. The Balaban J connectivity index is 1.13. The van der Waals surface area contributed by atoms with Crippen LogP contribution in [0.5, 0.6) is 0 Å². The van der Waals surface area contributed by atoms with E-state index in [1.54, 1.807) is 0 Å². The van der Waals surface area contributed by atoms with Crippen molar-refractivity contribution in [3.63, 3.8) is 0 Å². The molecule has 0 saturated carbocycles. The van der Waals surface area contributed by atoms with Gasteiger partial charge >= 0.3 is 0 Å². The lowest BCUT2D eigenvalue weighted by molar-refractivity contribution is 0.953. The molecule has 0 aliphatic carbocycles. The minimum atomic E-state index is 0.580. The Bertz CT molecular complexity index is 3200. The zero-order valence-corrected chi connectivity index (χ0v) is 29.8. The molecule has 0 unspecified atom stereocenters. The molecule has 4 nitrogen and oxygen atoms in total. The van der Waals surface area contributed by atoms with Crippen molar-refractivity contribution in [2.45, 2.75) is 0 Å². The van der Waals surface area contributed by atoms with Gasteiger partial charge in [-0.3, -0.25) is 4.57 Å². The van der Waals surface area contributed by atoms with Crippen molar-refractivity contribution in [1.29, 1.82) is 0 Å². The van der Waals surface area contributed by atoms with Crippen LogP contribution in [-0.4, -0.2) is 19.5 Å². The third-order valence-corrected chi connectivity index (χ3v) is 10.9. The lowest BCUT2D eigenvalue weighted by atomic mass is 9.89. The average molecular weight is 701 g/mol. The van der Waals surface area contributed by atoms with Crippen LogP contribution in [0, 0.1) is 0 Å². The molecule has 0 N–H and O–H groups in total. The molecule has 11 aromatic rings. The first-order valence-corrected chi connectivity index (χ1v) is 18.6. The molecule has 0 aliphatic heterocycles. The summed E-state index contributed by atoms with van der Waals surface area (Å²) in [7, 11) is 0. The number of rotatable bonds is 5. The van der Waals surface area contributed by atoms with Crippen molar-refractivity contribution in [2.75, 3.05) is 0 Å². The monoisotopic (exact) mass is 700 g/mol. The smallest absolute Gasteiger partial charge is 0.238 e. The maximum Gasteiger partial charge on any atom is 0.238 e. The predicted molar refractivity (Wildman–Crippen MR) is 228 cm³/mol. The van der Waals surface area contributed by atoms with Gasteiger partial charge < -0.3 is 0 Å². The van der Waals surface area contributed by atoms with E-state index in [4.69, 9.17) is 15.0 Å². The summed E-state index contributed by atoms with van der Waals surface area (Å²) in [6.45, 7) is 0. The van der Waals surface area contributed by atoms with Gasteiger partial charge in [0.25, 0.3) is 0 Å². The molecule has 2 heterocycles. The first-order valence-electron chi connectivity index (χ1n) is 18.6. The molecule has 0 aliphatic rings. The first kappa shape index (κ1) is 31.1. The second kappa shape index (κ2) is 12.6. The van der Waals surface area contributed by atoms with Crippen LogP contribution in [0.4, 0.5) is 0 Å². The van der Waals surface area contributed by atoms with Crippen molar-refractivity contribution in [2.24, 2.45) is 0 Å². The van der Waals surface area contributed by atoms with Crippen molar-refractivity contribution in [3.05, 3.63) is 194 Å². The largest absolute Gasteiger partial charge is 0.278 e. The van der Waals surface area contributed by atoms with E-state index in [9.17, 15) is 0 Å². The summed E-state index contributed by atoms with van der Waals surface area (Å²) in [5, 5.41) is 9.76. The van der Waals surface area contributed by atoms with Crippen LogP contribution in [0.1, 0.15) is 0 Å². The molecule has 4 heteroatoms. The normalized spacial score (nSPS) is 11.6. The van der Waals surface area contributed by atoms with Gasteiger partial charge in [0.15, 0.2) is 11.6 Å². The number of benzene rings is 9. The molecule has 2 aromatic heterocycles. The van der Waals surface area contributed by atoms with Crippen LogP contribution in [0.2, 0.25) is 0 Å². The molecule has 0 radical (unpaired) electrons. The highest BCUT2D eigenvalue weighted by atomic mass is 15.2. The molecule has 0 amide bonds. The number of fused-ring (bicyclic) bond motifs is 7. The molecule has 9 aromatic carbocycles. The zero-order chi connectivity index (χ0) is 36.3. The highest BCUT2D eigenvalue weighted by molar-refractivity contribution is 6.20. The van der Waals surface area contributed by atoms with Crippen LogP contribution in [0.15, 0.2) is 194 Å². The van der Waals surface area contributed by atoms with E-state index in [1.165, 1.54) is 37.9 Å². The standard InChI is InChI=1S/C51H32N4/c1-2-14-33(15-3-1)38-18-8-9-23-44(38)50-52-49(53-51(54-50)55-46-24-12-10-21-41(46)42-22-11-13-25-47(42)55)36-28-26-35(27-29-36)48-40-20-7-5-17-37(40)32-45-39-19-6-4-16-34(39)30-31-43(45)48/h1-32H. The molecule has 11 rings (SSSR count). The minimum Gasteiger partial charge on any atom is -0.278 e. The summed E-state index contributed by atoms with van der Waals surface area (Å²) in [5.74, 6) is 1.82. The van der Waals surface area contributed by atoms with Crippen molar-refractivity contribution >= 4 is 54.1 Å². The van der Waals surface area contributed by atoms with Crippen molar-refractivity contribution < 1.29 is 0 Å². The third kappa shape index (κ3) is 5.11. The maximum atomic E-state index is 5.26. The van der Waals surface area contributed by atoms with E-state index in [2.05, 4.69) is 193 Å². The Kier molecular flexibility index (Phi) is 7.14. The molecule has 0 bridgehead atoms. The molecule has 0 atom stereocenters. The van der Waals surface area contributed by atoms with Crippen LogP contribution in [-0.2, 0) is 0 Å². The molecular formula is C51H32N4. The fourth-order valence-electron chi connectivity index (χ4n) is 8.32. The second-order valence-electron chi connectivity index (χ2n) is 14.0. The van der Waals surface area contributed by atoms with Crippen LogP contribution in [0.3, 0.4) is 0 Å². The van der Waals surface area contributed by atoms with Crippen LogP contribution < -0.4 is 0 Å². The Hall–Kier alpha value is -7.43. The van der Waals surface area contributed by atoms with Crippen molar-refractivity contribution in [1.82, 2.24) is 19.5 Å². The molecule has 55 heavy (non-hydrogen) atoms. The summed E-state index contributed by atoms with van der Waals surface area (Å²) in [6.07, 6.45) is 0. The predicted octanol–water partition coefficient (Wildman–Crippen LogP) is 13.1. The van der Waals surface area contributed by atoms with Crippen LogP contribution in [0.25, 0.3) is 105 Å². The maximum absolute atomic E-state index is 5.26. The third-order valence-electron chi connectivity index (χ3n) is 10.9. The van der Waals surface area contributed by atoms with Crippen molar-refractivity contribution in [3.8, 4) is 51.0 Å². The molecule has 256 valence electrons. The fourth-order valence-corrected chi connectivity index (χ4v) is 8.32. The van der Waals surface area contributed by atoms with E-state index in [-0.39, 0.29) is 0 Å². The van der Waals surface area contributed by atoms with Gasteiger partial charge in [0.1, 0.15) is 0 Å². The Morgan fingerprint density at radius 3 is 1.62 bits per heavy atom. The summed E-state index contributed by atoms with van der Waals surface area (Å²) in [4.78, 5) is 15.7. The van der Waals surface area contributed by atoms with Gasteiger partial charge in [0, 0.05) is 21.9 Å². The van der Waals surface area contributed by atoms with E-state index < -0.39 is 0 Å². The highest BCUT2D eigenvalue weighted by Gasteiger charge is 2.20. The highest BCUT2D eigenvalue weighted by Crippen LogP contribution is 2.40. The lowest BCUT2D eigenvalue weighted by Crippen LogP contribution is -2.06. The lowest BCUT2D eigenvalue weighted by Gasteiger charge is -2.15. The van der Waals surface area contributed by atoms with Gasteiger partial charge in [-0.1, -0.05) is 176 Å². The van der Waals surface area contributed by atoms with E-state index in [1.807, 2.05) is 6.07 Å². The van der Waals surface area contributed by atoms with Gasteiger partial charge in [-0.05, 0) is 72.8 Å². The molecule has 0 spiro atoms. The molecule has 0 fully saturated rings. The average Bonchev–Trinajstić information content (AvgIpc) is 3.60. The van der Waals surface area contributed by atoms with E-state index in [0.717, 1.165) is 49.6 Å². The quantitative estimate of drug-likeness (QED) is 0.133. The van der Waals surface area contributed by atoms with Gasteiger partial charge in [-0.2, -0.15) is 9.97 Å². The first-order chi connectivity index (χ1) is 27.3. The Morgan fingerprint density at radius 2 is 0.873 bits per heavy atom. The van der Waals surface area contributed by atoms with Crippen LogP contribution >= 0.6 is 0 Å². The Morgan fingerprint density at radius 1 is 0.309 bits per heavy atom. The fraction of sp³-hybridized carbons (Fsp3) is 0. The number of aromatic nitrogens is 4. The number of hydrogen-bond donors (Lipinski definition) is 0. The SMILES string of the molecule is c1ccc(-c2ccccc2-c2nc(-c3ccc(-c4c5ccccc5cc5c4ccc4ccccc45)cc3)nc(-n3c4ccccc4c4ccccc43)n2)cc1. The minimum absolute atomic E-state index is 0.580. The summed E-state index contributed by atoms with van der Waals surface area (Å²) >= 11 is 0. The summed E-state index contributed by atoms with van der Waals surface area (Å²) in [5.41, 5.74) is 8.52. The summed E-state index contributed by atoms with van der Waals surface area (Å²) in [6, 6.07) is 68.7. The van der Waals surface area contributed by atoms with E-state index >= 15 is 0 Å². The van der Waals surface area contributed by atoms with E-state index in [0.29, 0.717) is 17.6 Å². The van der Waals surface area contributed by atoms with Gasteiger partial charge in [-0.15, -0.1) is 0 Å². The molecular weight excluding hydrogens is 669 g/mol. The number of para-hydroxylation sites is 2. The Labute approximate surface area is 317 Å². The molecule has 0 saturated heterocycles. The zero-order valence-electron chi connectivity index (χ0n) is 29.8. The van der Waals surface area contributed by atoms with Gasteiger partial charge in [0.05, 0.1) is 11.0 Å². The van der Waals surface area contributed by atoms with Gasteiger partial charge in [-0.25, -0.2) is 4.98 Å².